The monoisotopic (exact) mass is 430 g/mol. The van der Waals surface area contributed by atoms with Crippen LogP contribution >= 0.6 is 0 Å². The van der Waals surface area contributed by atoms with Crippen molar-refractivity contribution >= 4 is 21.7 Å². The summed E-state index contributed by atoms with van der Waals surface area (Å²) in [6, 6.07) is 12.1. The van der Waals surface area contributed by atoms with Crippen LogP contribution in [0.15, 0.2) is 57.9 Å². The zero-order chi connectivity index (χ0) is 21.1. The molecule has 2 heterocycles. The fraction of sp³-hybridized carbons (Fsp3) is 0.200. The minimum atomic E-state index is -3.99. The zero-order valence-electron chi connectivity index (χ0n) is 16.0. The molecule has 9 nitrogen and oxygen atoms in total. The highest BCUT2D eigenvalue weighted by molar-refractivity contribution is 7.92. The Balaban J connectivity index is 1.53. The molecule has 10 heteroatoms. The molecule has 0 spiro atoms. The lowest BCUT2D eigenvalue weighted by Crippen LogP contribution is -2.18. The SMILES string of the molecule is Cc1cc(COC(=O)c2ccccc2NS(=O)(=O)c2ccc3c(c2)OCCO3)no1. The lowest BCUT2D eigenvalue weighted by molar-refractivity contribution is 0.0465. The van der Waals surface area contributed by atoms with Gasteiger partial charge in [-0.05, 0) is 31.2 Å². The van der Waals surface area contributed by atoms with Crippen molar-refractivity contribution in [3.05, 3.63) is 65.5 Å². The average Bonchev–Trinajstić information content (AvgIpc) is 3.17. The summed E-state index contributed by atoms with van der Waals surface area (Å²) >= 11 is 0. The molecule has 0 unspecified atom stereocenters. The number of ether oxygens (including phenoxy) is 3. The maximum absolute atomic E-state index is 12.9. The predicted molar refractivity (Wildman–Crippen MR) is 105 cm³/mol. The van der Waals surface area contributed by atoms with E-state index in [1.165, 1.54) is 30.3 Å². The number of hydrogen-bond donors (Lipinski definition) is 1. The number of nitrogens with zero attached hydrogens (tertiary/aromatic N) is 1. The maximum Gasteiger partial charge on any atom is 0.340 e. The van der Waals surface area contributed by atoms with Crippen LogP contribution in [-0.4, -0.2) is 32.8 Å². The second kappa shape index (κ2) is 8.07. The molecular weight excluding hydrogens is 412 g/mol. The van der Waals surface area contributed by atoms with Crippen LogP contribution in [0.1, 0.15) is 21.8 Å². The van der Waals surface area contributed by atoms with Crippen LogP contribution in [0.5, 0.6) is 11.5 Å². The number of carbonyl (C=O) groups excluding carboxylic acids is 1. The smallest absolute Gasteiger partial charge is 0.340 e. The highest BCUT2D eigenvalue weighted by Gasteiger charge is 2.22. The molecule has 0 saturated carbocycles. The van der Waals surface area contributed by atoms with E-state index in [-0.39, 0.29) is 22.8 Å². The average molecular weight is 430 g/mol. The number of aryl methyl sites for hydroxylation is 1. The number of carbonyl (C=O) groups is 1. The number of benzene rings is 2. The number of fused-ring (bicyclic) bond motifs is 1. The summed E-state index contributed by atoms with van der Waals surface area (Å²) in [6.45, 7) is 2.37. The number of aromatic nitrogens is 1. The third-order valence-electron chi connectivity index (χ3n) is 4.24. The van der Waals surface area contributed by atoms with Gasteiger partial charge in [-0.15, -0.1) is 0 Å². The van der Waals surface area contributed by atoms with E-state index in [1.54, 1.807) is 25.1 Å². The molecule has 30 heavy (non-hydrogen) atoms. The van der Waals surface area contributed by atoms with Crippen LogP contribution in [-0.2, 0) is 21.4 Å². The van der Waals surface area contributed by atoms with Gasteiger partial charge in [0.2, 0.25) is 0 Å². The fourth-order valence-electron chi connectivity index (χ4n) is 2.85. The maximum atomic E-state index is 12.9. The van der Waals surface area contributed by atoms with Gasteiger partial charge in [0.15, 0.2) is 11.5 Å². The summed E-state index contributed by atoms with van der Waals surface area (Å²) in [5.74, 6) is 0.719. The van der Waals surface area contributed by atoms with Crippen molar-refractivity contribution in [2.75, 3.05) is 17.9 Å². The van der Waals surface area contributed by atoms with Gasteiger partial charge in [0.05, 0.1) is 16.1 Å². The molecule has 1 aliphatic heterocycles. The summed E-state index contributed by atoms with van der Waals surface area (Å²) < 4.78 is 49.2. The van der Waals surface area contributed by atoms with E-state index >= 15 is 0 Å². The third kappa shape index (κ3) is 4.23. The minimum absolute atomic E-state index is 0.0204. The largest absolute Gasteiger partial charge is 0.486 e. The molecule has 156 valence electrons. The Morgan fingerprint density at radius 2 is 1.87 bits per heavy atom. The molecule has 0 aliphatic carbocycles. The standard InChI is InChI=1S/C20H18N2O7S/c1-13-10-14(21-29-13)12-28-20(23)16-4-2-3-5-17(16)22-30(24,25)15-6-7-18-19(11-15)27-9-8-26-18/h2-7,10-11,22H,8-9,12H2,1H3. The van der Waals surface area contributed by atoms with Gasteiger partial charge in [-0.25, -0.2) is 13.2 Å². The lowest BCUT2D eigenvalue weighted by Gasteiger charge is -2.19. The minimum Gasteiger partial charge on any atom is -0.486 e. The predicted octanol–water partition coefficient (Wildman–Crippen LogP) is 2.91. The lowest BCUT2D eigenvalue weighted by atomic mass is 10.2. The Hall–Kier alpha value is -3.53. The summed E-state index contributed by atoms with van der Waals surface area (Å²) in [4.78, 5) is 12.5. The topological polar surface area (TPSA) is 117 Å². The second-order valence-corrected chi connectivity index (χ2v) is 8.14. The van der Waals surface area contributed by atoms with Crippen molar-refractivity contribution in [1.29, 1.82) is 0 Å². The molecule has 3 aromatic rings. The van der Waals surface area contributed by atoms with Gasteiger partial charge in [-0.3, -0.25) is 4.72 Å². The van der Waals surface area contributed by atoms with E-state index in [0.29, 0.717) is 36.2 Å². The number of anilines is 1. The number of sulfonamides is 1. The van der Waals surface area contributed by atoms with Crippen LogP contribution in [0.2, 0.25) is 0 Å². The van der Waals surface area contributed by atoms with E-state index in [4.69, 9.17) is 18.7 Å². The summed E-state index contributed by atoms with van der Waals surface area (Å²) in [5.41, 5.74) is 0.614. The molecule has 0 amide bonds. The van der Waals surface area contributed by atoms with Gasteiger partial charge in [0.1, 0.15) is 31.3 Å². The molecular formula is C20H18N2O7S. The molecule has 1 aromatic heterocycles. The number of para-hydroxylation sites is 1. The normalized spacial score (nSPS) is 13.0. The highest BCUT2D eigenvalue weighted by atomic mass is 32.2. The van der Waals surface area contributed by atoms with Crippen molar-refractivity contribution in [2.45, 2.75) is 18.4 Å². The van der Waals surface area contributed by atoms with Crippen LogP contribution in [0.4, 0.5) is 5.69 Å². The molecule has 0 atom stereocenters. The summed E-state index contributed by atoms with van der Waals surface area (Å²) in [6.07, 6.45) is 0. The molecule has 0 bridgehead atoms. The molecule has 1 aliphatic rings. The van der Waals surface area contributed by atoms with Crippen molar-refractivity contribution in [1.82, 2.24) is 5.16 Å². The van der Waals surface area contributed by atoms with Crippen molar-refractivity contribution in [2.24, 2.45) is 0 Å². The van der Waals surface area contributed by atoms with Gasteiger partial charge in [0, 0.05) is 12.1 Å². The molecule has 0 fully saturated rings. The first-order valence-corrected chi connectivity index (χ1v) is 10.5. The van der Waals surface area contributed by atoms with Gasteiger partial charge >= 0.3 is 5.97 Å². The zero-order valence-corrected chi connectivity index (χ0v) is 16.8. The number of nitrogens with one attached hydrogen (secondary N) is 1. The molecule has 1 N–H and O–H groups in total. The highest BCUT2D eigenvalue weighted by Crippen LogP contribution is 2.33. The molecule has 4 rings (SSSR count). The second-order valence-electron chi connectivity index (χ2n) is 6.46. The number of rotatable bonds is 6. The van der Waals surface area contributed by atoms with Gasteiger partial charge < -0.3 is 18.7 Å². The molecule has 2 aromatic carbocycles. The Bertz CT molecular complexity index is 1190. The fourth-order valence-corrected chi connectivity index (χ4v) is 3.94. The van der Waals surface area contributed by atoms with E-state index in [2.05, 4.69) is 9.88 Å². The number of hydrogen-bond acceptors (Lipinski definition) is 8. The summed E-state index contributed by atoms with van der Waals surface area (Å²) in [5, 5.41) is 3.75. The van der Waals surface area contributed by atoms with E-state index in [0.717, 1.165) is 0 Å². The first-order valence-electron chi connectivity index (χ1n) is 9.03. The van der Waals surface area contributed by atoms with Crippen LogP contribution in [0.3, 0.4) is 0 Å². The van der Waals surface area contributed by atoms with Crippen molar-refractivity contribution in [3.63, 3.8) is 0 Å². The van der Waals surface area contributed by atoms with Crippen LogP contribution < -0.4 is 14.2 Å². The van der Waals surface area contributed by atoms with Gasteiger partial charge in [-0.2, -0.15) is 0 Å². The third-order valence-corrected chi connectivity index (χ3v) is 5.61. The van der Waals surface area contributed by atoms with Crippen LogP contribution in [0, 0.1) is 6.92 Å². The van der Waals surface area contributed by atoms with E-state index in [1.807, 2.05) is 0 Å². The Morgan fingerprint density at radius 1 is 1.10 bits per heavy atom. The van der Waals surface area contributed by atoms with Crippen LogP contribution in [0.25, 0.3) is 0 Å². The van der Waals surface area contributed by atoms with Crippen molar-refractivity contribution in [3.8, 4) is 11.5 Å². The first kappa shape index (κ1) is 19.8. The Labute approximate surface area is 172 Å². The van der Waals surface area contributed by atoms with Gasteiger partial charge in [0.25, 0.3) is 10.0 Å². The summed E-state index contributed by atoms with van der Waals surface area (Å²) in [7, 11) is -3.99. The number of esters is 1. The van der Waals surface area contributed by atoms with E-state index < -0.39 is 16.0 Å². The van der Waals surface area contributed by atoms with Gasteiger partial charge in [-0.1, -0.05) is 17.3 Å². The quantitative estimate of drug-likeness (QED) is 0.593. The van der Waals surface area contributed by atoms with E-state index in [9.17, 15) is 13.2 Å². The first-order chi connectivity index (χ1) is 14.4. The van der Waals surface area contributed by atoms with Crippen molar-refractivity contribution < 1.29 is 31.9 Å². The molecule has 0 radical (unpaired) electrons. The molecule has 0 saturated heterocycles. The Kier molecular flexibility index (Phi) is 5.32. The Morgan fingerprint density at radius 3 is 2.63 bits per heavy atom.